The third kappa shape index (κ3) is 4.03. The van der Waals surface area contributed by atoms with Crippen molar-refractivity contribution in [1.29, 1.82) is 0 Å². The van der Waals surface area contributed by atoms with Gasteiger partial charge in [-0.2, -0.15) is 0 Å². The lowest BCUT2D eigenvalue weighted by Crippen LogP contribution is -2.46. The lowest BCUT2D eigenvalue weighted by molar-refractivity contribution is 0.515. The van der Waals surface area contributed by atoms with Crippen molar-refractivity contribution in [2.75, 3.05) is 12.3 Å². The molecule has 1 rings (SSSR count). The summed E-state index contributed by atoms with van der Waals surface area (Å²) in [5, 5.41) is -0.204. The molecule has 3 nitrogen and oxygen atoms in total. The molecule has 0 spiro atoms. The van der Waals surface area contributed by atoms with Crippen molar-refractivity contribution in [3.63, 3.8) is 0 Å². The number of nitrogens with one attached hydrogen (secondary N) is 1. The fraction of sp³-hybridized carbons (Fsp3) is 0.625. The van der Waals surface area contributed by atoms with E-state index in [0.29, 0.717) is 17.3 Å². The van der Waals surface area contributed by atoms with Gasteiger partial charge < -0.3 is 4.57 Å². The van der Waals surface area contributed by atoms with Gasteiger partial charge in [0.2, 0.25) is 0 Å². The number of rotatable bonds is 6. The van der Waals surface area contributed by atoms with Crippen molar-refractivity contribution in [2.24, 2.45) is 0 Å². The van der Waals surface area contributed by atoms with Gasteiger partial charge in [-0.3, -0.25) is 0 Å². The summed E-state index contributed by atoms with van der Waals surface area (Å²) < 4.78 is 28.9. The fourth-order valence-electron chi connectivity index (χ4n) is 2.34. The Morgan fingerprint density at radius 1 is 1.09 bits per heavy atom. The number of hydrogen-bond donors (Lipinski definition) is 1. The van der Waals surface area contributed by atoms with E-state index in [1.165, 1.54) is 0 Å². The Hall–Kier alpha value is -0.150. The largest absolute Gasteiger partial charge is 0.321 e. The normalized spacial score (nSPS) is 17.0. The van der Waals surface area contributed by atoms with Crippen LogP contribution in [-0.4, -0.2) is 21.3 Å². The third-order valence-electron chi connectivity index (χ3n) is 4.09. The van der Waals surface area contributed by atoms with E-state index >= 15 is 0 Å². The van der Waals surface area contributed by atoms with E-state index in [-0.39, 0.29) is 0 Å². The maximum absolute atomic E-state index is 13.5. The second-order valence-electron chi connectivity index (χ2n) is 6.58. The van der Waals surface area contributed by atoms with Gasteiger partial charge in [0.25, 0.3) is 0 Å². The highest BCUT2D eigenvalue weighted by molar-refractivity contribution is 7.85. The number of halogens is 1. The van der Waals surface area contributed by atoms with Gasteiger partial charge in [-0.15, -0.1) is 0 Å². The average Bonchev–Trinajstić information content (AvgIpc) is 2.45. The highest BCUT2D eigenvalue weighted by atomic mass is 35.5. The number of benzene rings is 1. The van der Waals surface area contributed by atoms with Crippen LogP contribution in [0.2, 0.25) is 5.02 Å². The molecule has 0 aliphatic rings. The molecule has 0 aliphatic carbocycles. The van der Waals surface area contributed by atoms with Gasteiger partial charge in [-0.1, -0.05) is 37.6 Å². The quantitative estimate of drug-likeness (QED) is 0.725. The molecular formula is C16H27ClNO2PS. The van der Waals surface area contributed by atoms with Crippen LogP contribution in [0.25, 0.3) is 0 Å². The smallest absolute Gasteiger partial charge is 0.111 e. The van der Waals surface area contributed by atoms with Crippen LogP contribution >= 0.6 is 18.7 Å². The summed E-state index contributed by atoms with van der Waals surface area (Å²) in [4.78, 5) is 0. The van der Waals surface area contributed by atoms with E-state index in [1.54, 1.807) is 12.1 Å². The molecule has 0 unspecified atom stereocenters. The highest BCUT2D eigenvalue weighted by Crippen LogP contribution is 2.61. The Morgan fingerprint density at radius 3 is 1.91 bits per heavy atom. The summed E-state index contributed by atoms with van der Waals surface area (Å²) >= 11 is 5.97. The Bertz CT molecular complexity index is 575. The first-order chi connectivity index (χ1) is 10.00. The van der Waals surface area contributed by atoms with Gasteiger partial charge in [-0.05, 0) is 45.4 Å². The number of hydrogen-bond acceptors (Lipinski definition) is 2. The lowest BCUT2D eigenvalue weighted by atomic mass is 10.1. The summed E-state index contributed by atoms with van der Waals surface area (Å²) in [7, 11) is -3.93. The van der Waals surface area contributed by atoms with Crippen molar-refractivity contribution in [1.82, 2.24) is 4.72 Å². The Morgan fingerprint density at radius 2 is 1.55 bits per heavy atom. The van der Waals surface area contributed by atoms with E-state index in [9.17, 15) is 8.77 Å². The van der Waals surface area contributed by atoms with Crippen molar-refractivity contribution in [2.45, 2.75) is 51.6 Å². The van der Waals surface area contributed by atoms with Gasteiger partial charge >= 0.3 is 0 Å². The van der Waals surface area contributed by atoms with Crippen LogP contribution in [-0.2, 0) is 20.8 Å². The van der Waals surface area contributed by atoms with Crippen LogP contribution in [0.15, 0.2) is 24.3 Å². The molecule has 2 atom stereocenters. The van der Waals surface area contributed by atoms with Crippen LogP contribution in [0.4, 0.5) is 0 Å². The average molecular weight is 364 g/mol. The zero-order valence-corrected chi connectivity index (χ0v) is 16.7. The summed E-state index contributed by atoms with van der Waals surface area (Å²) in [5.41, 5.74) is 0.863. The highest BCUT2D eigenvalue weighted by Gasteiger charge is 2.45. The van der Waals surface area contributed by atoms with Gasteiger partial charge in [0.1, 0.15) is 12.4 Å². The summed E-state index contributed by atoms with van der Waals surface area (Å²) in [6, 6.07) is 7.30. The Labute approximate surface area is 142 Å². The molecule has 1 aromatic rings. The first kappa shape index (κ1) is 19.9. The van der Waals surface area contributed by atoms with Crippen molar-refractivity contribution >= 4 is 29.7 Å². The SMILES string of the molecule is CCP(=O)(CC)[C@](C)(N[S@@](=O)C(C)(C)C)c1ccc(Cl)cc1. The Balaban J connectivity index is 3.42. The monoisotopic (exact) mass is 363 g/mol. The molecule has 0 saturated carbocycles. The van der Waals surface area contributed by atoms with Crippen molar-refractivity contribution in [3.8, 4) is 0 Å². The van der Waals surface area contributed by atoms with Gasteiger partial charge in [0.15, 0.2) is 0 Å². The lowest BCUT2D eigenvalue weighted by Gasteiger charge is -2.39. The molecule has 22 heavy (non-hydrogen) atoms. The van der Waals surface area contributed by atoms with Gasteiger partial charge in [0.05, 0.1) is 15.7 Å². The van der Waals surface area contributed by atoms with E-state index in [4.69, 9.17) is 11.6 Å². The van der Waals surface area contributed by atoms with E-state index < -0.39 is 28.2 Å². The predicted molar refractivity (Wildman–Crippen MR) is 98.5 cm³/mol. The molecule has 6 heteroatoms. The third-order valence-corrected chi connectivity index (χ3v) is 10.2. The van der Waals surface area contributed by atoms with Crippen molar-refractivity contribution in [3.05, 3.63) is 34.9 Å². The zero-order chi connectivity index (χ0) is 17.2. The molecule has 0 bridgehead atoms. The molecule has 1 aromatic carbocycles. The second-order valence-corrected chi connectivity index (χ2v) is 12.9. The maximum atomic E-state index is 13.5. The van der Waals surface area contributed by atoms with E-state index in [1.807, 2.05) is 53.7 Å². The standard InChI is InChI=1S/C16H27ClNO2PS/c1-7-21(19,8-2)16(6,18-22(20)15(3,4)5)13-9-11-14(17)12-10-13/h9-12,18H,7-8H2,1-6H3/t16-,22-/m0/s1. The first-order valence-corrected chi connectivity index (χ1v) is 11.1. The summed E-state index contributed by atoms with van der Waals surface area (Å²) in [6.07, 6.45) is 1.11. The van der Waals surface area contributed by atoms with Crippen LogP contribution in [0.3, 0.4) is 0 Å². The molecule has 1 N–H and O–H groups in total. The molecule has 0 radical (unpaired) electrons. The summed E-state index contributed by atoms with van der Waals surface area (Å²) in [5.74, 6) is 0. The molecule has 0 fully saturated rings. The summed E-state index contributed by atoms with van der Waals surface area (Å²) in [6.45, 7) is 11.5. The minimum Gasteiger partial charge on any atom is -0.321 e. The Kier molecular flexibility index (Phi) is 6.48. The van der Waals surface area contributed by atoms with E-state index in [0.717, 1.165) is 5.56 Å². The molecule has 0 aromatic heterocycles. The van der Waals surface area contributed by atoms with Gasteiger partial charge in [-0.25, -0.2) is 8.93 Å². The van der Waals surface area contributed by atoms with Crippen LogP contribution in [0.5, 0.6) is 0 Å². The molecular weight excluding hydrogens is 337 g/mol. The predicted octanol–water partition coefficient (Wildman–Crippen LogP) is 4.97. The molecule has 0 saturated heterocycles. The van der Waals surface area contributed by atoms with Crippen LogP contribution in [0, 0.1) is 0 Å². The van der Waals surface area contributed by atoms with Crippen molar-refractivity contribution < 1.29 is 8.77 Å². The molecule has 126 valence electrons. The fourth-order valence-corrected chi connectivity index (χ4v) is 6.50. The second kappa shape index (κ2) is 7.17. The topological polar surface area (TPSA) is 46.2 Å². The van der Waals surface area contributed by atoms with Crippen LogP contribution < -0.4 is 4.72 Å². The first-order valence-electron chi connectivity index (χ1n) is 7.54. The zero-order valence-electron chi connectivity index (χ0n) is 14.3. The molecule has 0 amide bonds. The molecule has 0 aliphatic heterocycles. The maximum Gasteiger partial charge on any atom is 0.111 e. The molecule has 0 heterocycles. The minimum absolute atomic E-state index is 0.431. The van der Waals surface area contributed by atoms with Crippen LogP contribution in [0.1, 0.15) is 47.1 Å². The van der Waals surface area contributed by atoms with Gasteiger partial charge in [0, 0.05) is 17.3 Å². The minimum atomic E-state index is -2.61. The van der Waals surface area contributed by atoms with E-state index in [2.05, 4.69) is 4.72 Å².